The second-order valence-electron chi connectivity index (χ2n) is 6.04. The molecule has 1 unspecified atom stereocenters. The van der Waals surface area contributed by atoms with E-state index in [-0.39, 0.29) is 16.4 Å². The van der Waals surface area contributed by atoms with Crippen LogP contribution in [-0.4, -0.2) is 53.4 Å². The molecular formula is C16H7B5ClNO5S. The third-order valence-corrected chi connectivity index (χ3v) is 5.77. The third-order valence-electron chi connectivity index (χ3n) is 4.20. The number of halogens is 1. The molecule has 1 aliphatic heterocycles. The predicted octanol–water partition coefficient (Wildman–Crippen LogP) is -3.52. The molecular weight excluding hydrogens is 408 g/mol. The van der Waals surface area contributed by atoms with Gasteiger partial charge in [0.15, 0.2) is 6.10 Å². The summed E-state index contributed by atoms with van der Waals surface area (Å²) in [6, 6.07) is 6.10. The number of Topliss-reactive ketones (excluding diaryl/α,β-unsaturated/α-hetero) is 1. The molecule has 0 aromatic heterocycles. The van der Waals surface area contributed by atoms with Gasteiger partial charge in [0.1, 0.15) is 39.2 Å². The highest BCUT2D eigenvalue weighted by molar-refractivity contribution is 7.87. The number of ketones is 1. The van der Waals surface area contributed by atoms with Crippen LogP contribution in [0.1, 0.15) is 11.7 Å². The number of hydrogen-bond acceptors (Lipinski definition) is 6. The highest BCUT2D eigenvalue weighted by Gasteiger charge is 2.40. The van der Waals surface area contributed by atoms with Gasteiger partial charge < -0.3 is 14.7 Å². The molecule has 1 aliphatic rings. The molecule has 29 heavy (non-hydrogen) atoms. The topological polar surface area (TPSA) is 95.7 Å². The lowest BCUT2D eigenvalue weighted by Crippen LogP contribution is -2.56. The van der Waals surface area contributed by atoms with Crippen molar-refractivity contribution >= 4 is 94.0 Å². The summed E-state index contributed by atoms with van der Waals surface area (Å²) in [5.74, 6) is -2.10. The predicted molar refractivity (Wildman–Crippen MR) is 113 cm³/mol. The smallest absolute Gasteiger partial charge is 0.338 e. The zero-order valence-electron chi connectivity index (χ0n) is 14.7. The van der Waals surface area contributed by atoms with Crippen molar-refractivity contribution in [1.29, 1.82) is 0 Å². The molecule has 0 saturated heterocycles. The van der Waals surface area contributed by atoms with Gasteiger partial charge >= 0.3 is 10.1 Å². The van der Waals surface area contributed by atoms with Crippen LogP contribution in [-0.2, 0) is 23.8 Å². The first-order valence-corrected chi connectivity index (χ1v) is 9.66. The Bertz CT molecular complexity index is 1140. The van der Waals surface area contributed by atoms with Gasteiger partial charge in [-0.25, -0.2) is 0 Å². The largest absolute Gasteiger partial charge is 0.460 e. The molecule has 0 fully saturated rings. The van der Waals surface area contributed by atoms with E-state index in [1.165, 1.54) is 24.3 Å². The van der Waals surface area contributed by atoms with Gasteiger partial charge in [0.2, 0.25) is 17.4 Å². The quantitative estimate of drug-likeness (QED) is 0.412. The van der Waals surface area contributed by atoms with Gasteiger partial charge in [-0.05, 0) is 12.1 Å². The molecule has 13 heteroatoms. The van der Waals surface area contributed by atoms with Crippen LogP contribution in [0.4, 0.5) is 0 Å². The average Bonchev–Trinajstić information content (AvgIpc) is 2.93. The van der Waals surface area contributed by atoms with E-state index in [2.05, 4.69) is 0 Å². The summed E-state index contributed by atoms with van der Waals surface area (Å²) in [5.41, 5.74) is 4.32. The van der Waals surface area contributed by atoms with Gasteiger partial charge in [-0.1, -0.05) is 34.7 Å². The lowest BCUT2D eigenvalue weighted by atomic mass is 9.62. The normalized spacial score (nSPS) is 16.7. The monoisotopic (exact) mass is 415 g/mol. The van der Waals surface area contributed by atoms with Crippen LogP contribution in [0, 0.1) is 0 Å². The highest BCUT2D eigenvalue weighted by Crippen LogP contribution is 2.33. The number of benzene rings is 2. The van der Waals surface area contributed by atoms with Crippen molar-refractivity contribution in [3.63, 3.8) is 0 Å². The molecule has 0 bridgehead atoms. The Morgan fingerprint density at radius 2 is 1.41 bits per heavy atom. The van der Waals surface area contributed by atoms with Crippen LogP contribution in [0.15, 0.2) is 40.8 Å². The van der Waals surface area contributed by atoms with Gasteiger partial charge in [-0.15, -0.1) is 16.4 Å². The molecule has 2 N–H and O–H groups in total. The van der Waals surface area contributed by atoms with E-state index in [4.69, 9.17) is 65.5 Å². The SMILES string of the molecule is [B]c1c([B])c([B])c(S(=O)(=O)OC2=C(N)OC(c3ccc(Cl)cc3)C2=O)c([B])c1[B]. The number of hydrogen-bond donors (Lipinski definition) is 1. The molecule has 2 aromatic carbocycles. The lowest BCUT2D eigenvalue weighted by Gasteiger charge is -2.20. The Labute approximate surface area is 179 Å². The van der Waals surface area contributed by atoms with Gasteiger partial charge in [-0.3, -0.25) is 4.79 Å². The van der Waals surface area contributed by atoms with Crippen LogP contribution in [0.3, 0.4) is 0 Å². The fourth-order valence-electron chi connectivity index (χ4n) is 2.66. The molecule has 0 aliphatic carbocycles. The van der Waals surface area contributed by atoms with Crippen LogP contribution in [0.2, 0.25) is 5.02 Å². The summed E-state index contributed by atoms with van der Waals surface area (Å²) in [7, 11) is 23.7. The summed E-state index contributed by atoms with van der Waals surface area (Å²) in [6.07, 6.45) is -1.21. The number of carbonyl (C=O) groups excluding carboxylic acids is 1. The Morgan fingerprint density at radius 3 is 1.93 bits per heavy atom. The number of ether oxygens (including phenoxy) is 1. The molecule has 134 valence electrons. The maximum Gasteiger partial charge on any atom is 0.338 e. The molecule has 2 aromatic rings. The first-order valence-electron chi connectivity index (χ1n) is 7.87. The second-order valence-corrected chi connectivity index (χ2v) is 7.96. The lowest BCUT2D eigenvalue weighted by molar-refractivity contribution is -0.123. The van der Waals surface area contributed by atoms with Crippen LogP contribution in [0.5, 0.6) is 0 Å². The minimum absolute atomic E-state index is 0.180. The summed E-state index contributed by atoms with van der Waals surface area (Å²) in [6.45, 7) is 0. The second kappa shape index (κ2) is 7.57. The van der Waals surface area contributed by atoms with Gasteiger partial charge in [0.25, 0.3) is 0 Å². The van der Waals surface area contributed by atoms with Crippen molar-refractivity contribution in [3.05, 3.63) is 46.5 Å². The fourth-order valence-corrected chi connectivity index (χ4v) is 4.01. The van der Waals surface area contributed by atoms with Crippen molar-refractivity contribution in [2.45, 2.75) is 11.0 Å². The minimum atomic E-state index is -4.77. The number of rotatable bonds is 4. The highest BCUT2D eigenvalue weighted by atomic mass is 35.5. The Morgan fingerprint density at radius 1 is 0.931 bits per heavy atom. The molecule has 6 nitrogen and oxygen atoms in total. The maximum absolute atomic E-state index is 12.8. The Balaban J connectivity index is 1.99. The van der Waals surface area contributed by atoms with E-state index in [0.29, 0.717) is 10.6 Å². The van der Waals surface area contributed by atoms with Crippen molar-refractivity contribution < 1.29 is 22.1 Å². The van der Waals surface area contributed by atoms with E-state index in [1.807, 2.05) is 0 Å². The van der Waals surface area contributed by atoms with Crippen LogP contribution < -0.4 is 33.0 Å². The maximum atomic E-state index is 12.8. The first-order chi connectivity index (χ1) is 13.5. The van der Waals surface area contributed by atoms with Gasteiger partial charge in [0, 0.05) is 10.6 Å². The van der Waals surface area contributed by atoms with E-state index in [1.54, 1.807) is 0 Å². The van der Waals surface area contributed by atoms with E-state index < -0.39 is 49.5 Å². The fraction of sp³-hybridized carbons (Fsp3) is 0.0625. The zero-order valence-corrected chi connectivity index (χ0v) is 16.3. The van der Waals surface area contributed by atoms with Gasteiger partial charge in [-0.2, -0.15) is 8.42 Å². The molecule has 10 radical (unpaired) electrons. The molecule has 3 rings (SSSR count). The first kappa shape index (κ1) is 21.5. The molecule has 0 saturated carbocycles. The van der Waals surface area contributed by atoms with E-state index in [9.17, 15) is 13.2 Å². The Kier molecular flexibility index (Phi) is 5.62. The zero-order chi connectivity index (χ0) is 21.7. The summed E-state index contributed by atoms with van der Waals surface area (Å²) >= 11 is 5.82. The third kappa shape index (κ3) is 3.71. The average molecular weight is 415 g/mol. The summed E-state index contributed by atoms with van der Waals surface area (Å²) < 4.78 is 35.7. The van der Waals surface area contributed by atoms with Crippen molar-refractivity contribution in [1.82, 2.24) is 0 Å². The van der Waals surface area contributed by atoms with Gasteiger partial charge in [0.05, 0.1) is 4.90 Å². The number of carbonyl (C=O) groups is 1. The van der Waals surface area contributed by atoms with E-state index in [0.717, 1.165) is 0 Å². The van der Waals surface area contributed by atoms with Crippen LogP contribution in [0.25, 0.3) is 0 Å². The van der Waals surface area contributed by atoms with Crippen LogP contribution >= 0.6 is 11.6 Å². The summed E-state index contributed by atoms with van der Waals surface area (Å²) in [4.78, 5) is 11.9. The van der Waals surface area contributed by atoms with Crippen molar-refractivity contribution in [2.75, 3.05) is 0 Å². The molecule has 0 spiro atoms. The minimum Gasteiger partial charge on any atom is -0.460 e. The van der Waals surface area contributed by atoms with Crippen molar-refractivity contribution in [2.24, 2.45) is 5.73 Å². The van der Waals surface area contributed by atoms with E-state index >= 15 is 0 Å². The molecule has 1 heterocycles. The molecule has 0 amide bonds. The summed E-state index contributed by atoms with van der Waals surface area (Å²) in [5, 5.41) is 0.434. The standard InChI is InChI=1S/C16H7B5ClNO5S/c17-7-8(18)10(20)15(11(21)9(7)19)29(25,26)28-14-12(24)13(27-16(14)23)5-1-3-6(22)4-2-5/h1-4,13H,23H2. The number of nitrogens with two attached hydrogens (primary N) is 1. The molecule has 1 atom stereocenters. The Hall–Kier alpha value is -2.19. The van der Waals surface area contributed by atoms with Crippen molar-refractivity contribution in [3.8, 4) is 0 Å².